The van der Waals surface area contributed by atoms with Crippen molar-refractivity contribution in [2.75, 3.05) is 46.2 Å². The highest BCUT2D eigenvalue weighted by atomic mass is 32.2. The molecule has 2 N–H and O–H groups in total. The standard InChI is InChI=1S/C11H21N3O2S/c1-12-11(15)9-7-16-4-3-14(9)8-5-13-6-10(8)17-2/h8-10,13H,3-7H2,1-2H3,(H,12,15). The first-order chi connectivity index (χ1) is 8.27. The van der Waals surface area contributed by atoms with Crippen molar-refractivity contribution in [3.63, 3.8) is 0 Å². The highest BCUT2D eigenvalue weighted by molar-refractivity contribution is 7.99. The number of morpholine rings is 1. The molecule has 3 atom stereocenters. The van der Waals surface area contributed by atoms with E-state index in [9.17, 15) is 4.79 Å². The lowest BCUT2D eigenvalue weighted by molar-refractivity contribution is -0.133. The third-order valence-corrected chi connectivity index (χ3v) is 4.66. The molecular formula is C11H21N3O2S. The van der Waals surface area contributed by atoms with Gasteiger partial charge in [0.1, 0.15) is 6.04 Å². The minimum atomic E-state index is -0.131. The van der Waals surface area contributed by atoms with Crippen LogP contribution in [0.3, 0.4) is 0 Å². The average Bonchev–Trinajstić information content (AvgIpc) is 2.86. The van der Waals surface area contributed by atoms with E-state index < -0.39 is 0 Å². The van der Waals surface area contributed by atoms with Gasteiger partial charge in [0.15, 0.2) is 0 Å². The van der Waals surface area contributed by atoms with E-state index in [1.807, 2.05) is 11.8 Å². The molecule has 2 saturated heterocycles. The number of thioether (sulfide) groups is 1. The number of rotatable bonds is 3. The molecule has 98 valence electrons. The fraction of sp³-hybridized carbons (Fsp3) is 0.909. The van der Waals surface area contributed by atoms with Gasteiger partial charge in [-0.3, -0.25) is 9.69 Å². The summed E-state index contributed by atoms with van der Waals surface area (Å²) in [7, 11) is 1.69. The van der Waals surface area contributed by atoms with Crippen molar-refractivity contribution >= 4 is 17.7 Å². The molecule has 2 aliphatic rings. The van der Waals surface area contributed by atoms with Crippen LogP contribution in [0.4, 0.5) is 0 Å². The van der Waals surface area contributed by atoms with E-state index in [-0.39, 0.29) is 11.9 Å². The van der Waals surface area contributed by atoms with Crippen LogP contribution < -0.4 is 10.6 Å². The summed E-state index contributed by atoms with van der Waals surface area (Å²) in [6.45, 7) is 4.09. The van der Waals surface area contributed by atoms with E-state index in [0.717, 1.165) is 26.2 Å². The zero-order chi connectivity index (χ0) is 12.3. The third kappa shape index (κ3) is 2.76. The number of amides is 1. The van der Waals surface area contributed by atoms with Gasteiger partial charge in [0.25, 0.3) is 0 Å². The van der Waals surface area contributed by atoms with Crippen molar-refractivity contribution < 1.29 is 9.53 Å². The van der Waals surface area contributed by atoms with Gasteiger partial charge in [-0.05, 0) is 6.26 Å². The van der Waals surface area contributed by atoms with Crippen LogP contribution in [-0.4, -0.2) is 74.3 Å². The lowest BCUT2D eigenvalue weighted by atomic mass is 10.1. The minimum absolute atomic E-state index is 0.0662. The second-order valence-corrected chi connectivity index (χ2v) is 5.52. The maximum atomic E-state index is 11.9. The largest absolute Gasteiger partial charge is 0.378 e. The molecule has 0 aliphatic carbocycles. The highest BCUT2D eigenvalue weighted by Crippen LogP contribution is 2.23. The van der Waals surface area contributed by atoms with Crippen LogP contribution in [0.1, 0.15) is 0 Å². The fourth-order valence-corrected chi connectivity index (χ4v) is 3.47. The number of nitrogens with zero attached hydrogens (tertiary/aromatic N) is 1. The van der Waals surface area contributed by atoms with Gasteiger partial charge >= 0.3 is 0 Å². The fourth-order valence-electron chi connectivity index (χ4n) is 2.62. The van der Waals surface area contributed by atoms with E-state index in [2.05, 4.69) is 21.8 Å². The van der Waals surface area contributed by atoms with Gasteiger partial charge in [-0.25, -0.2) is 0 Å². The van der Waals surface area contributed by atoms with Crippen molar-refractivity contribution in [2.24, 2.45) is 0 Å². The summed E-state index contributed by atoms with van der Waals surface area (Å²) < 4.78 is 5.43. The summed E-state index contributed by atoms with van der Waals surface area (Å²) >= 11 is 1.88. The molecule has 0 aromatic carbocycles. The van der Waals surface area contributed by atoms with Gasteiger partial charge in [-0.15, -0.1) is 0 Å². The second kappa shape index (κ2) is 6.04. The monoisotopic (exact) mass is 259 g/mol. The van der Waals surface area contributed by atoms with Crippen molar-refractivity contribution in [1.82, 2.24) is 15.5 Å². The molecule has 17 heavy (non-hydrogen) atoms. The number of likely N-dealkylation sites (N-methyl/N-ethyl adjacent to an activating group) is 1. The van der Waals surface area contributed by atoms with E-state index in [1.54, 1.807) is 7.05 Å². The molecule has 0 aromatic heterocycles. The maximum absolute atomic E-state index is 11.9. The first-order valence-electron chi connectivity index (χ1n) is 6.06. The van der Waals surface area contributed by atoms with Gasteiger partial charge in [-0.2, -0.15) is 11.8 Å². The van der Waals surface area contributed by atoms with Crippen LogP contribution in [0.15, 0.2) is 0 Å². The molecule has 0 bridgehead atoms. The predicted molar refractivity (Wildman–Crippen MR) is 69.3 cm³/mol. The summed E-state index contributed by atoms with van der Waals surface area (Å²) in [4.78, 5) is 14.2. The van der Waals surface area contributed by atoms with Crippen LogP contribution >= 0.6 is 11.8 Å². The Bertz CT molecular complexity index is 277. The molecule has 5 nitrogen and oxygen atoms in total. The van der Waals surface area contributed by atoms with Crippen LogP contribution in [0.5, 0.6) is 0 Å². The lowest BCUT2D eigenvalue weighted by Gasteiger charge is -2.40. The number of carbonyl (C=O) groups excluding carboxylic acids is 1. The van der Waals surface area contributed by atoms with Gasteiger partial charge in [0.05, 0.1) is 13.2 Å². The van der Waals surface area contributed by atoms with E-state index >= 15 is 0 Å². The van der Waals surface area contributed by atoms with Crippen LogP contribution in [0.2, 0.25) is 0 Å². The van der Waals surface area contributed by atoms with E-state index in [4.69, 9.17) is 4.74 Å². The zero-order valence-electron chi connectivity index (χ0n) is 10.4. The quantitative estimate of drug-likeness (QED) is 0.690. The van der Waals surface area contributed by atoms with Crippen LogP contribution in [0.25, 0.3) is 0 Å². The first kappa shape index (κ1) is 13.1. The predicted octanol–water partition coefficient (Wildman–Crippen LogP) is -0.863. The van der Waals surface area contributed by atoms with Crippen LogP contribution in [0, 0.1) is 0 Å². The first-order valence-corrected chi connectivity index (χ1v) is 7.35. The Hall–Kier alpha value is -0.300. The Kier molecular flexibility index (Phi) is 4.67. The van der Waals surface area contributed by atoms with Crippen molar-refractivity contribution in [1.29, 1.82) is 0 Å². The summed E-state index contributed by atoms with van der Waals surface area (Å²) in [6, 6.07) is 0.310. The molecule has 3 unspecified atom stereocenters. The Morgan fingerprint density at radius 2 is 2.35 bits per heavy atom. The summed E-state index contributed by atoms with van der Waals surface area (Å²) in [5.41, 5.74) is 0. The number of ether oxygens (including phenoxy) is 1. The molecule has 2 heterocycles. The zero-order valence-corrected chi connectivity index (χ0v) is 11.3. The van der Waals surface area contributed by atoms with Crippen LogP contribution in [-0.2, 0) is 9.53 Å². The Balaban J connectivity index is 2.07. The second-order valence-electron chi connectivity index (χ2n) is 4.44. The molecular weight excluding hydrogens is 238 g/mol. The summed E-state index contributed by atoms with van der Waals surface area (Å²) in [5.74, 6) is 0.0662. The highest BCUT2D eigenvalue weighted by Gasteiger charge is 2.39. The van der Waals surface area contributed by atoms with E-state index in [0.29, 0.717) is 17.9 Å². The molecule has 6 heteroatoms. The topological polar surface area (TPSA) is 53.6 Å². The maximum Gasteiger partial charge on any atom is 0.239 e. The smallest absolute Gasteiger partial charge is 0.239 e. The molecule has 1 amide bonds. The molecule has 0 spiro atoms. The summed E-state index contributed by atoms with van der Waals surface area (Å²) in [5, 5.41) is 6.72. The van der Waals surface area contributed by atoms with Gasteiger partial charge < -0.3 is 15.4 Å². The lowest BCUT2D eigenvalue weighted by Crippen LogP contribution is -2.59. The normalized spacial score (nSPS) is 34.8. The van der Waals surface area contributed by atoms with Gasteiger partial charge in [0, 0.05) is 38.0 Å². The molecule has 0 saturated carbocycles. The average molecular weight is 259 g/mol. The number of nitrogens with one attached hydrogen (secondary N) is 2. The van der Waals surface area contributed by atoms with Crippen molar-refractivity contribution in [3.05, 3.63) is 0 Å². The van der Waals surface area contributed by atoms with Crippen molar-refractivity contribution in [3.8, 4) is 0 Å². The summed E-state index contributed by atoms with van der Waals surface area (Å²) in [6.07, 6.45) is 2.14. The number of hydrogen-bond donors (Lipinski definition) is 2. The van der Waals surface area contributed by atoms with E-state index in [1.165, 1.54) is 0 Å². The number of carbonyl (C=O) groups is 1. The third-order valence-electron chi connectivity index (χ3n) is 3.58. The Labute approximate surface area is 107 Å². The molecule has 0 radical (unpaired) electrons. The molecule has 2 rings (SSSR count). The SMILES string of the molecule is CNC(=O)C1COCCN1C1CNCC1SC. The Morgan fingerprint density at radius 3 is 3.06 bits per heavy atom. The molecule has 2 fully saturated rings. The van der Waals surface area contributed by atoms with Crippen molar-refractivity contribution in [2.45, 2.75) is 17.3 Å². The molecule has 2 aliphatic heterocycles. The molecule has 0 aromatic rings. The Morgan fingerprint density at radius 1 is 1.53 bits per heavy atom. The number of hydrogen-bond acceptors (Lipinski definition) is 5. The van der Waals surface area contributed by atoms with Gasteiger partial charge in [-0.1, -0.05) is 0 Å². The van der Waals surface area contributed by atoms with Gasteiger partial charge in [0.2, 0.25) is 5.91 Å². The minimum Gasteiger partial charge on any atom is -0.378 e.